The molecule has 3 saturated heterocycles. The third kappa shape index (κ3) is 6.17. The molecule has 3 fully saturated rings. The SMILES string of the molecule is CC[C@@H]1CCCCN1c1ccc([N+](=O)[O-])cc1C=Nc1ccc(N2CCCCC2)c(S(=O)(=O)N2CCCCC2)c1. The largest absolute Gasteiger partial charge is 0.370 e. The van der Waals surface area contributed by atoms with E-state index in [-0.39, 0.29) is 10.6 Å². The van der Waals surface area contributed by atoms with Crippen LogP contribution >= 0.6 is 0 Å². The van der Waals surface area contributed by atoms with Gasteiger partial charge in [0.1, 0.15) is 4.90 Å². The van der Waals surface area contributed by atoms with Crippen LogP contribution in [0, 0.1) is 10.1 Å². The van der Waals surface area contributed by atoms with Crippen molar-refractivity contribution in [2.45, 2.75) is 82.1 Å². The van der Waals surface area contributed by atoms with Crippen LogP contribution < -0.4 is 9.80 Å². The number of aliphatic imine (C=N–C) groups is 1. The summed E-state index contributed by atoms with van der Waals surface area (Å²) in [6, 6.07) is 10.8. The first-order valence-corrected chi connectivity index (χ1v) is 16.3. The van der Waals surface area contributed by atoms with Gasteiger partial charge in [-0.25, -0.2) is 8.42 Å². The van der Waals surface area contributed by atoms with Crippen molar-refractivity contribution in [2.75, 3.05) is 42.5 Å². The number of hydrogen-bond donors (Lipinski definition) is 0. The summed E-state index contributed by atoms with van der Waals surface area (Å²) in [5, 5.41) is 11.6. The highest BCUT2D eigenvalue weighted by Gasteiger charge is 2.31. The summed E-state index contributed by atoms with van der Waals surface area (Å²) in [4.78, 5) is 20.8. The minimum Gasteiger partial charge on any atom is -0.370 e. The molecule has 10 heteroatoms. The van der Waals surface area contributed by atoms with E-state index in [9.17, 15) is 18.5 Å². The van der Waals surface area contributed by atoms with E-state index in [1.54, 1.807) is 28.7 Å². The molecular weight excluding hydrogens is 526 g/mol. The first-order chi connectivity index (χ1) is 19.4. The summed E-state index contributed by atoms with van der Waals surface area (Å²) in [6.07, 6.45) is 12.1. The molecule has 2 aromatic rings. The predicted octanol–water partition coefficient (Wildman–Crippen LogP) is 6.28. The number of nitro groups is 1. The number of hydrogen-bond acceptors (Lipinski definition) is 7. The van der Waals surface area contributed by atoms with Gasteiger partial charge in [0.05, 0.1) is 16.3 Å². The fourth-order valence-electron chi connectivity index (χ4n) is 6.34. The minimum absolute atomic E-state index is 0.0177. The zero-order valence-electron chi connectivity index (χ0n) is 23.5. The summed E-state index contributed by atoms with van der Waals surface area (Å²) in [5.74, 6) is 0. The number of nitro benzene ring substituents is 1. The topological polar surface area (TPSA) is 99.4 Å². The van der Waals surface area contributed by atoms with Crippen LogP contribution in [-0.4, -0.2) is 62.6 Å². The number of benzene rings is 2. The Morgan fingerprint density at radius 2 is 1.57 bits per heavy atom. The second-order valence-corrected chi connectivity index (χ2v) is 13.1. The number of non-ortho nitro benzene ring substituents is 1. The van der Waals surface area contributed by atoms with Crippen molar-refractivity contribution in [3.63, 3.8) is 0 Å². The molecule has 1 atom stereocenters. The van der Waals surface area contributed by atoms with Gasteiger partial charge in [-0.1, -0.05) is 13.3 Å². The Labute approximate surface area is 238 Å². The highest BCUT2D eigenvalue weighted by Crippen LogP contribution is 2.35. The maximum Gasteiger partial charge on any atom is 0.270 e. The normalized spacial score (nSPS) is 21.2. The second kappa shape index (κ2) is 12.7. The van der Waals surface area contributed by atoms with Crippen LogP contribution in [0.4, 0.5) is 22.7 Å². The Hall–Kier alpha value is -2.98. The Kier molecular flexibility index (Phi) is 9.05. The Bertz CT molecular complexity index is 1330. The first-order valence-electron chi connectivity index (χ1n) is 14.9. The summed E-state index contributed by atoms with van der Waals surface area (Å²) in [5.41, 5.74) is 2.91. The van der Waals surface area contributed by atoms with Crippen molar-refractivity contribution in [1.29, 1.82) is 0 Å². The van der Waals surface area contributed by atoms with E-state index < -0.39 is 10.0 Å². The van der Waals surface area contributed by atoms with Crippen molar-refractivity contribution in [1.82, 2.24) is 4.31 Å². The summed E-state index contributed by atoms with van der Waals surface area (Å²) in [7, 11) is -3.68. The molecular formula is C30H41N5O4S. The number of anilines is 2. The molecule has 3 aliphatic heterocycles. The summed E-state index contributed by atoms with van der Waals surface area (Å²) < 4.78 is 29.4. The molecule has 0 unspecified atom stereocenters. The van der Waals surface area contributed by atoms with Crippen molar-refractivity contribution < 1.29 is 13.3 Å². The number of rotatable bonds is 8. The maximum absolute atomic E-state index is 13.9. The van der Waals surface area contributed by atoms with Crippen LogP contribution in [0.15, 0.2) is 46.3 Å². The third-order valence-corrected chi connectivity index (χ3v) is 10.5. The van der Waals surface area contributed by atoms with Gasteiger partial charge < -0.3 is 9.80 Å². The van der Waals surface area contributed by atoms with E-state index in [0.29, 0.717) is 35.3 Å². The van der Waals surface area contributed by atoms with Gasteiger partial charge in [-0.3, -0.25) is 15.1 Å². The van der Waals surface area contributed by atoms with Gasteiger partial charge in [-0.15, -0.1) is 0 Å². The molecule has 216 valence electrons. The fraction of sp³-hybridized carbons (Fsp3) is 0.567. The average Bonchev–Trinajstić information content (AvgIpc) is 3.00. The molecule has 0 aliphatic carbocycles. The van der Waals surface area contributed by atoms with E-state index in [2.05, 4.69) is 16.7 Å². The van der Waals surface area contributed by atoms with E-state index in [1.807, 2.05) is 18.2 Å². The van der Waals surface area contributed by atoms with Gasteiger partial charge in [-0.2, -0.15) is 4.31 Å². The maximum atomic E-state index is 13.9. The summed E-state index contributed by atoms with van der Waals surface area (Å²) in [6.45, 7) is 5.85. The third-order valence-electron chi connectivity index (χ3n) is 8.56. The van der Waals surface area contributed by atoms with E-state index in [4.69, 9.17) is 4.99 Å². The molecule has 40 heavy (non-hydrogen) atoms. The van der Waals surface area contributed by atoms with Crippen LogP contribution in [0.3, 0.4) is 0 Å². The average molecular weight is 568 g/mol. The van der Waals surface area contributed by atoms with Crippen LogP contribution in [0.2, 0.25) is 0 Å². The molecule has 0 amide bonds. The van der Waals surface area contributed by atoms with Crippen molar-refractivity contribution in [3.05, 3.63) is 52.1 Å². The number of piperidine rings is 3. The Balaban J connectivity index is 1.53. The van der Waals surface area contributed by atoms with E-state index in [1.165, 1.54) is 6.42 Å². The molecule has 0 N–H and O–H groups in total. The van der Waals surface area contributed by atoms with Gasteiger partial charge in [0.2, 0.25) is 10.0 Å². The van der Waals surface area contributed by atoms with Crippen molar-refractivity contribution in [2.24, 2.45) is 4.99 Å². The van der Waals surface area contributed by atoms with Crippen LogP contribution in [-0.2, 0) is 10.0 Å². The predicted molar refractivity (Wildman–Crippen MR) is 161 cm³/mol. The van der Waals surface area contributed by atoms with Crippen molar-refractivity contribution >= 4 is 39.0 Å². The Morgan fingerprint density at radius 1 is 0.900 bits per heavy atom. The lowest BCUT2D eigenvalue weighted by molar-refractivity contribution is -0.384. The zero-order chi connectivity index (χ0) is 28.1. The number of nitrogens with zero attached hydrogens (tertiary/aromatic N) is 5. The molecule has 3 heterocycles. The van der Waals surface area contributed by atoms with Gasteiger partial charge in [-0.05, 0) is 82.1 Å². The lowest BCUT2D eigenvalue weighted by Gasteiger charge is -2.38. The lowest BCUT2D eigenvalue weighted by Crippen LogP contribution is -2.39. The highest BCUT2D eigenvalue weighted by molar-refractivity contribution is 7.89. The molecule has 5 rings (SSSR count). The van der Waals surface area contributed by atoms with Gasteiger partial charge in [0.15, 0.2) is 0 Å². The molecule has 0 radical (unpaired) electrons. The standard InChI is InChI=1S/C30H41N5O4S/c1-2-26-11-5-10-20-34(26)28-15-13-27(35(36)37)21-24(28)23-31-25-12-14-29(32-16-6-3-7-17-32)30(22-25)40(38,39)33-18-8-4-9-19-33/h12-15,21-23,26H,2-11,16-20H2,1H3/t26-/m1/s1. The summed E-state index contributed by atoms with van der Waals surface area (Å²) >= 11 is 0. The molecule has 0 spiro atoms. The van der Waals surface area contributed by atoms with Crippen LogP contribution in [0.5, 0.6) is 0 Å². The van der Waals surface area contributed by atoms with Crippen LogP contribution in [0.1, 0.15) is 76.7 Å². The molecule has 0 bridgehead atoms. The molecule has 2 aromatic carbocycles. The zero-order valence-corrected chi connectivity index (χ0v) is 24.3. The molecule has 3 aliphatic rings. The smallest absolute Gasteiger partial charge is 0.270 e. The van der Waals surface area contributed by atoms with Gasteiger partial charge in [0.25, 0.3) is 5.69 Å². The monoisotopic (exact) mass is 567 g/mol. The van der Waals surface area contributed by atoms with E-state index in [0.717, 1.165) is 88.8 Å². The molecule has 9 nitrogen and oxygen atoms in total. The number of sulfonamides is 1. The van der Waals surface area contributed by atoms with Gasteiger partial charge >= 0.3 is 0 Å². The second-order valence-electron chi connectivity index (χ2n) is 11.2. The Morgan fingerprint density at radius 3 is 2.27 bits per heavy atom. The van der Waals surface area contributed by atoms with Gasteiger partial charge in [0, 0.05) is 68.4 Å². The molecule has 0 aromatic heterocycles. The fourth-order valence-corrected chi connectivity index (χ4v) is 8.09. The molecule has 0 saturated carbocycles. The van der Waals surface area contributed by atoms with E-state index >= 15 is 0 Å². The quantitative estimate of drug-likeness (QED) is 0.212. The minimum atomic E-state index is -3.68. The first kappa shape index (κ1) is 28.5. The van der Waals surface area contributed by atoms with Crippen molar-refractivity contribution in [3.8, 4) is 0 Å². The highest BCUT2D eigenvalue weighted by atomic mass is 32.2. The lowest BCUT2D eigenvalue weighted by atomic mass is 9.98. The van der Waals surface area contributed by atoms with Crippen LogP contribution in [0.25, 0.3) is 0 Å².